The van der Waals surface area contributed by atoms with Crippen molar-refractivity contribution in [1.82, 2.24) is 0 Å². The van der Waals surface area contributed by atoms with Gasteiger partial charge in [-0.15, -0.1) is 0 Å². The first kappa shape index (κ1) is 11.8. The maximum atomic E-state index is 3.46. The summed E-state index contributed by atoms with van der Waals surface area (Å²) in [7, 11) is 0. The van der Waals surface area contributed by atoms with Gasteiger partial charge in [0.15, 0.2) is 0 Å². The van der Waals surface area contributed by atoms with E-state index in [1.165, 1.54) is 11.3 Å². The highest BCUT2D eigenvalue weighted by molar-refractivity contribution is 5.43. The Balaban J connectivity index is 2.57. The van der Waals surface area contributed by atoms with Gasteiger partial charge in [0, 0.05) is 17.6 Å². The van der Waals surface area contributed by atoms with Crippen molar-refractivity contribution in [2.75, 3.05) is 11.9 Å². The minimum Gasteiger partial charge on any atom is -0.384 e. The van der Waals surface area contributed by atoms with Crippen LogP contribution in [-0.2, 0) is 0 Å². The number of benzene rings is 1. The molecule has 0 heterocycles. The SMILES string of the molecule is CC=C(C)C(C)(C)CNc1ccccc1. The molecular formula is C14H21N. The minimum absolute atomic E-state index is 0.213. The topological polar surface area (TPSA) is 12.0 Å². The highest BCUT2D eigenvalue weighted by Crippen LogP contribution is 2.25. The van der Waals surface area contributed by atoms with Crippen molar-refractivity contribution >= 4 is 5.69 Å². The summed E-state index contributed by atoms with van der Waals surface area (Å²) in [5, 5.41) is 3.46. The zero-order chi connectivity index (χ0) is 11.3. The van der Waals surface area contributed by atoms with Crippen molar-refractivity contribution in [2.45, 2.75) is 27.7 Å². The van der Waals surface area contributed by atoms with Crippen LogP contribution in [0.3, 0.4) is 0 Å². The Hall–Kier alpha value is -1.24. The van der Waals surface area contributed by atoms with Gasteiger partial charge in [0.2, 0.25) is 0 Å². The zero-order valence-corrected chi connectivity index (χ0v) is 10.2. The van der Waals surface area contributed by atoms with Crippen molar-refractivity contribution in [3.8, 4) is 0 Å². The third kappa shape index (κ3) is 3.43. The molecule has 0 aliphatic heterocycles. The molecule has 1 aromatic rings. The lowest BCUT2D eigenvalue weighted by Crippen LogP contribution is -2.24. The van der Waals surface area contributed by atoms with E-state index in [4.69, 9.17) is 0 Å². The molecule has 1 rings (SSSR count). The minimum atomic E-state index is 0.213. The van der Waals surface area contributed by atoms with Gasteiger partial charge in [-0.3, -0.25) is 0 Å². The fourth-order valence-electron chi connectivity index (χ4n) is 1.41. The van der Waals surface area contributed by atoms with Gasteiger partial charge in [-0.2, -0.15) is 0 Å². The summed E-state index contributed by atoms with van der Waals surface area (Å²) in [5.74, 6) is 0. The number of para-hydroxylation sites is 1. The molecule has 0 unspecified atom stereocenters. The van der Waals surface area contributed by atoms with Crippen LogP contribution in [0, 0.1) is 5.41 Å². The summed E-state index contributed by atoms with van der Waals surface area (Å²) in [6.07, 6.45) is 2.19. The first-order valence-electron chi connectivity index (χ1n) is 5.48. The largest absolute Gasteiger partial charge is 0.384 e. The fourth-order valence-corrected chi connectivity index (χ4v) is 1.41. The van der Waals surface area contributed by atoms with Gasteiger partial charge in [-0.1, -0.05) is 43.7 Å². The van der Waals surface area contributed by atoms with E-state index in [1.807, 2.05) is 6.07 Å². The molecule has 15 heavy (non-hydrogen) atoms. The van der Waals surface area contributed by atoms with Gasteiger partial charge in [0.1, 0.15) is 0 Å². The number of anilines is 1. The molecule has 1 N–H and O–H groups in total. The average Bonchev–Trinajstić information content (AvgIpc) is 2.27. The number of allylic oxidation sites excluding steroid dienone is 1. The second kappa shape index (κ2) is 5.01. The standard InChI is InChI=1S/C14H21N/c1-5-12(2)14(3,4)11-15-13-9-7-6-8-10-13/h5-10,15H,11H2,1-4H3. The lowest BCUT2D eigenvalue weighted by molar-refractivity contribution is 0.475. The molecule has 82 valence electrons. The van der Waals surface area contributed by atoms with Crippen LogP contribution in [0.4, 0.5) is 5.69 Å². The first-order valence-corrected chi connectivity index (χ1v) is 5.48. The summed E-state index contributed by atoms with van der Waals surface area (Å²) in [4.78, 5) is 0. The molecule has 0 bridgehead atoms. The molecule has 0 aliphatic carbocycles. The summed E-state index contributed by atoms with van der Waals surface area (Å²) < 4.78 is 0. The van der Waals surface area contributed by atoms with Crippen LogP contribution in [0.1, 0.15) is 27.7 Å². The van der Waals surface area contributed by atoms with Crippen LogP contribution in [0.15, 0.2) is 42.0 Å². The number of hydrogen-bond acceptors (Lipinski definition) is 1. The van der Waals surface area contributed by atoms with Crippen LogP contribution < -0.4 is 5.32 Å². The highest BCUT2D eigenvalue weighted by Gasteiger charge is 2.18. The second-order valence-corrected chi connectivity index (χ2v) is 4.58. The van der Waals surface area contributed by atoms with E-state index in [9.17, 15) is 0 Å². The average molecular weight is 203 g/mol. The predicted octanol–water partition coefficient (Wildman–Crippen LogP) is 4.09. The Morgan fingerprint density at radius 3 is 2.40 bits per heavy atom. The van der Waals surface area contributed by atoms with Crippen molar-refractivity contribution in [2.24, 2.45) is 5.41 Å². The van der Waals surface area contributed by atoms with Crippen LogP contribution in [0.5, 0.6) is 0 Å². The molecule has 0 saturated carbocycles. The van der Waals surface area contributed by atoms with Crippen LogP contribution in [-0.4, -0.2) is 6.54 Å². The molecule has 0 aromatic heterocycles. The van der Waals surface area contributed by atoms with E-state index in [1.54, 1.807) is 0 Å². The summed E-state index contributed by atoms with van der Waals surface area (Å²) >= 11 is 0. The Bertz CT molecular complexity index is 322. The smallest absolute Gasteiger partial charge is 0.0340 e. The summed E-state index contributed by atoms with van der Waals surface area (Å²) in [6, 6.07) is 10.3. The third-order valence-electron chi connectivity index (χ3n) is 3.01. The molecule has 0 radical (unpaired) electrons. The molecular weight excluding hydrogens is 182 g/mol. The van der Waals surface area contributed by atoms with Crippen LogP contribution in [0.25, 0.3) is 0 Å². The van der Waals surface area contributed by atoms with E-state index < -0.39 is 0 Å². The van der Waals surface area contributed by atoms with Gasteiger partial charge >= 0.3 is 0 Å². The highest BCUT2D eigenvalue weighted by atomic mass is 14.9. The third-order valence-corrected chi connectivity index (χ3v) is 3.01. The lowest BCUT2D eigenvalue weighted by Gasteiger charge is -2.26. The van der Waals surface area contributed by atoms with Gasteiger partial charge < -0.3 is 5.32 Å². The molecule has 0 atom stereocenters. The maximum absolute atomic E-state index is 3.46. The van der Waals surface area contributed by atoms with Gasteiger partial charge in [0.05, 0.1) is 0 Å². The molecule has 0 aliphatic rings. The van der Waals surface area contributed by atoms with Crippen molar-refractivity contribution in [3.63, 3.8) is 0 Å². The summed E-state index contributed by atoms with van der Waals surface area (Å²) in [5.41, 5.74) is 2.82. The summed E-state index contributed by atoms with van der Waals surface area (Å²) in [6.45, 7) is 9.77. The Morgan fingerprint density at radius 1 is 1.27 bits per heavy atom. The zero-order valence-electron chi connectivity index (χ0n) is 10.2. The number of rotatable bonds is 4. The van der Waals surface area contributed by atoms with E-state index in [0.717, 1.165) is 6.54 Å². The Labute approximate surface area is 93.2 Å². The monoisotopic (exact) mass is 203 g/mol. The fraction of sp³-hybridized carbons (Fsp3) is 0.429. The van der Waals surface area contributed by atoms with E-state index in [2.05, 4.69) is 63.4 Å². The molecule has 0 saturated heterocycles. The van der Waals surface area contributed by atoms with Gasteiger partial charge in [-0.25, -0.2) is 0 Å². The van der Waals surface area contributed by atoms with E-state index in [0.29, 0.717) is 0 Å². The molecule has 0 amide bonds. The van der Waals surface area contributed by atoms with Crippen LogP contribution in [0.2, 0.25) is 0 Å². The number of hydrogen-bond donors (Lipinski definition) is 1. The Morgan fingerprint density at radius 2 is 1.87 bits per heavy atom. The van der Waals surface area contributed by atoms with Crippen molar-refractivity contribution < 1.29 is 0 Å². The molecule has 1 nitrogen and oxygen atoms in total. The normalized spacial score (nSPS) is 12.7. The van der Waals surface area contributed by atoms with E-state index in [-0.39, 0.29) is 5.41 Å². The van der Waals surface area contributed by atoms with Crippen molar-refractivity contribution in [1.29, 1.82) is 0 Å². The molecule has 0 fully saturated rings. The number of nitrogens with one attached hydrogen (secondary N) is 1. The second-order valence-electron chi connectivity index (χ2n) is 4.58. The maximum Gasteiger partial charge on any atom is 0.0340 e. The van der Waals surface area contributed by atoms with Crippen LogP contribution >= 0.6 is 0 Å². The molecule has 1 aromatic carbocycles. The lowest BCUT2D eigenvalue weighted by atomic mass is 9.85. The quantitative estimate of drug-likeness (QED) is 0.727. The molecule has 1 heteroatoms. The van der Waals surface area contributed by atoms with Crippen molar-refractivity contribution in [3.05, 3.63) is 42.0 Å². The van der Waals surface area contributed by atoms with Gasteiger partial charge in [-0.05, 0) is 26.0 Å². The first-order chi connectivity index (χ1) is 7.06. The van der Waals surface area contributed by atoms with Gasteiger partial charge in [0.25, 0.3) is 0 Å². The Kier molecular flexibility index (Phi) is 3.96. The predicted molar refractivity (Wildman–Crippen MR) is 68.1 cm³/mol. The van der Waals surface area contributed by atoms with E-state index >= 15 is 0 Å². The molecule has 0 spiro atoms.